The number of nitrogens with zero attached hydrogens (tertiary/aromatic N) is 3. The van der Waals surface area contributed by atoms with Gasteiger partial charge in [-0.05, 0) is 98.2 Å². The largest absolute Gasteiger partial charge is 0.467 e. The Morgan fingerprint density at radius 2 is 1.60 bits per heavy atom. The average molecular weight is 772 g/mol. The fraction of sp³-hybridized carbons (Fsp3) is 0.400. The van der Waals surface area contributed by atoms with Gasteiger partial charge in [-0.3, -0.25) is 4.79 Å². The first-order chi connectivity index (χ1) is 22.0. The van der Waals surface area contributed by atoms with Crippen molar-refractivity contribution >= 4 is 58.1 Å². The Bertz CT molecular complexity index is 1580. The molecule has 0 saturated heterocycles. The molecule has 252 valence electrons. The van der Waals surface area contributed by atoms with Crippen LogP contribution in [0.1, 0.15) is 49.5 Å². The molecular weight excluding hydrogens is 738 g/mol. The number of hydrogen-bond donors (Lipinski definition) is 4. The molecule has 0 bridgehead atoms. The van der Waals surface area contributed by atoms with Crippen LogP contribution < -0.4 is 26.0 Å². The topological polar surface area (TPSA) is 166 Å². The van der Waals surface area contributed by atoms with Gasteiger partial charge >= 0.3 is 24.2 Å². The number of esters is 1. The van der Waals surface area contributed by atoms with Gasteiger partial charge < -0.3 is 35.5 Å². The molecule has 0 unspecified atom stereocenters. The summed E-state index contributed by atoms with van der Waals surface area (Å²) < 4.78 is 54.5. The van der Waals surface area contributed by atoms with Crippen molar-refractivity contribution in [2.24, 2.45) is 0 Å². The summed E-state index contributed by atoms with van der Waals surface area (Å²) in [5, 5.41) is 11.0. The van der Waals surface area contributed by atoms with E-state index in [-0.39, 0.29) is 24.0 Å². The summed E-state index contributed by atoms with van der Waals surface area (Å²) in [4.78, 5) is 49.5. The number of anilines is 3. The zero-order chi connectivity index (χ0) is 34.4. The lowest BCUT2D eigenvalue weighted by Gasteiger charge is -2.21. The van der Waals surface area contributed by atoms with E-state index < -0.39 is 53.9 Å². The maximum Gasteiger partial charge on any atom is 0.422 e. The number of hydrogen-bond acceptors (Lipinski definition) is 11. The number of amides is 2. The van der Waals surface area contributed by atoms with Crippen LogP contribution >= 0.6 is 22.6 Å². The fourth-order valence-electron chi connectivity index (χ4n) is 4.18. The minimum Gasteiger partial charge on any atom is -0.467 e. The van der Waals surface area contributed by atoms with Gasteiger partial charge in [-0.25, -0.2) is 9.59 Å². The van der Waals surface area contributed by atoms with Gasteiger partial charge in [0.15, 0.2) is 6.61 Å². The number of aromatic nitrogens is 3. The summed E-state index contributed by atoms with van der Waals surface area (Å²) in [7, 11) is 1.14. The first-order valence-corrected chi connectivity index (χ1v) is 15.3. The highest BCUT2D eigenvalue weighted by molar-refractivity contribution is 14.1. The number of halogens is 4. The molecule has 13 nitrogen and oxygen atoms in total. The van der Waals surface area contributed by atoms with Crippen LogP contribution in [0.25, 0.3) is 0 Å². The van der Waals surface area contributed by atoms with E-state index in [0.717, 1.165) is 29.1 Å². The molecule has 1 aliphatic carbocycles. The molecule has 1 heterocycles. The fourth-order valence-corrected chi connectivity index (χ4v) is 4.54. The number of rotatable bonds is 12. The van der Waals surface area contributed by atoms with E-state index in [0.29, 0.717) is 5.69 Å². The molecule has 17 heteroatoms. The average Bonchev–Trinajstić information content (AvgIpc) is 3.77. The zero-order valence-electron chi connectivity index (χ0n) is 25.8. The second kappa shape index (κ2) is 14.6. The van der Waals surface area contributed by atoms with E-state index in [1.54, 1.807) is 20.8 Å². The number of alkyl halides is 3. The molecule has 2 amide bonds. The Morgan fingerprint density at radius 3 is 2.17 bits per heavy atom. The summed E-state index contributed by atoms with van der Waals surface area (Å²) in [5.41, 5.74) is 0.276. The maximum absolute atomic E-state index is 12.9. The van der Waals surface area contributed by atoms with Gasteiger partial charge in [0, 0.05) is 14.8 Å². The van der Waals surface area contributed by atoms with Gasteiger partial charge in [-0.2, -0.15) is 28.1 Å². The van der Waals surface area contributed by atoms with Crippen molar-refractivity contribution in [3.05, 3.63) is 63.2 Å². The van der Waals surface area contributed by atoms with Gasteiger partial charge in [0.25, 0.3) is 5.91 Å². The van der Waals surface area contributed by atoms with Crippen LogP contribution in [-0.4, -0.2) is 71.0 Å². The van der Waals surface area contributed by atoms with E-state index in [2.05, 4.69) is 58.8 Å². The molecule has 1 aromatic heterocycles. The molecule has 4 N–H and O–H groups in total. The van der Waals surface area contributed by atoms with E-state index in [1.165, 1.54) is 24.3 Å². The molecule has 0 spiro atoms. The molecule has 47 heavy (non-hydrogen) atoms. The van der Waals surface area contributed by atoms with Crippen LogP contribution in [0.2, 0.25) is 0 Å². The second-order valence-electron chi connectivity index (χ2n) is 11.5. The summed E-state index contributed by atoms with van der Waals surface area (Å²) in [5.74, 6) is -1.52. The van der Waals surface area contributed by atoms with E-state index in [1.807, 2.05) is 24.3 Å². The highest BCUT2D eigenvalue weighted by Crippen LogP contribution is 2.48. The third-order valence-corrected chi connectivity index (χ3v) is 7.24. The summed E-state index contributed by atoms with van der Waals surface area (Å²) in [6.45, 7) is 3.15. The number of methoxy groups -OCH3 is 1. The first-order valence-electron chi connectivity index (χ1n) is 14.3. The van der Waals surface area contributed by atoms with Gasteiger partial charge in [0.05, 0.1) is 19.2 Å². The predicted octanol–water partition coefficient (Wildman–Crippen LogP) is 5.06. The second-order valence-corrected chi connectivity index (χ2v) is 12.8. The SMILES string of the molecule is COC(=O)[C@H](CNC(=O)OC(C)(C)C)NC(=O)c1ccc(Nc2nc(NC3(c4ccc(I)cc4)CC3)nc(OCC(F)(F)F)n2)cc1. The molecule has 1 aliphatic rings. The summed E-state index contributed by atoms with van der Waals surface area (Å²) in [6, 6.07) is 12.0. The third-order valence-electron chi connectivity index (χ3n) is 6.52. The minimum atomic E-state index is -4.61. The Kier molecular flexibility index (Phi) is 11.0. The number of benzene rings is 2. The standard InChI is InChI=1S/C30H33F3IN7O6/c1-28(2,3)47-27(44)35-15-21(23(43)45-4)37-22(42)17-5-11-20(12-6-17)36-24-38-25(40-26(39-24)46-16-30(31,32)33)41-29(13-14-29)18-7-9-19(34)10-8-18/h5-12,21H,13-16H2,1-4H3,(H,35,44)(H,37,42)(H2,36,38,39,40,41)/t21-/m0/s1. The van der Waals surface area contributed by atoms with Crippen LogP contribution in [0, 0.1) is 3.57 Å². The molecule has 4 rings (SSSR count). The smallest absolute Gasteiger partial charge is 0.422 e. The number of nitrogens with one attached hydrogen (secondary N) is 4. The van der Waals surface area contributed by atoms with Crippen molar-refractivity contribution in [1.29, 1.82) is 0 Å². The molecule has 1 fully saturated rings. The molecule has 0 radical (unpaired) electrons. The van der Waals surface area contributed by atoms with E-state index in [4.69, 9.17) is 14.2 Å². The van der Waals surface area contributed by atoms with Crippen LogP contribution in [-0.2, 0) is 19.8 Å². The van der Waals surface area contributed by atoms with Crippen molar-refractivity contribution in [2.45, 2.75) is 57.0 Å². The molecule has 1 atom stereocenters. The molecule has 0 aliphatic heterocycles. The lowest BCUT2D eigenvalue weighted by molar-refractivity contribution is -0.154. The monoisotopic (exact) mass is 771 g/mol. The van der Waals surface area contributed by atoms with Crippen LogP contribution in [0.5, 0.6) is 6.01 Å². The zero-order valence-corrected chi connectivity index (χ0v) is 28.0. The lowest BCUT2D eigenvalue weighted by atomic mass is 10.1. The van der Waals surface area contributed by atoms with Crippen molar-refractivity contribution in [1.82, 2.24) is 25.6 Å². The van der Waals surface area contributed by atoms with Gasteiger partial charge in [0.2, 0.25) is 11.9 Å². The quantitative estimate of drug-likeness (QED) is 0.144. The first kappa shape index (κ1) is 35.4. The van der Waals surface area contributed by atoms with E-state index in [9.17, 15) is 27.6 Å². The van der Waals surface area contributed by atoms with Crippen molar-refractivity contribution < 1.29 is 41.8 Å². The minimum absolute atomic E-state index is 0.0144. The molecule has 2 aromatic carbocycles. The van der Waals surface area contributed by atoms with Gasteiger partial charge in [-0.15, -0.1) is 0 Å². The molecular formula is C30H33F3IN7O6. The normalized spacial score (nSPS) is 14.3. The van der Waals surface area contributed by atoms with Crippen molar-refractivity contribution in [3.63, 3.8) is 0 Å². The van der Waals surface area contributed by atoms with E-state index >= 15 is 0 Å². The van der Waals surface area contributed by atoms with Crippen molar-refractivity contribution in [3.8, 4) is 6.01 Å². The highest BCUT2D eigenvalue weighted by atomic mass is 127. The Morgan fingerprint density at radius 1 is 0.957 bits per heavy atom. The predicted molar refractivity (Wildman–Crippen MR) is 172 cm³/mol. The molecule has 3 aromatic rings. The Labute approximate surface area is 281 Å². The number of carbonyl (C=O) groups excluding carboxylic acids is 3. The maximum atomic E-state index is 12.9. The number of carbonyl (C=O) groups is 3. The lowest BCUT2D eigenvalue weighted by Crippen LogP contribution is -2.49. The van der Waals surface area contributed by atoms with Gasteiger partial charge in [0.1, 0.15) is 11.6 Å². The number of ether oxygens (including phenoxy) is 3. The summed E-state index contributed by atoms with van der Waals surface area (Å²) in [6.07, 6.45) is -3.86. The third kappa shape index (κ3) is 10.8. The van der Waals surface area contributed by atoms with Crippen LogP contribution in [0.4, 0.5) is 35.5 Å². The van der Waals surface area contributed by atoms with Gasteiger partial charge in [-0.1, -0.05) is 12.1 Å². The van der Waals surface area contributed by atoms with Crippen molar-refractivity contribution in [2.75, 3.05) is 30.9 Å². The summed E-state index contributed by atoms with van der Waals surface area (Å²) >= 11 is 2.20. The Hall–Kier alpha value is -4.42. The van der Waals surface area contributed by atoms with Crippen LogP contribution in [0.3, 0.4) is 0 Å². The Balaban J connectivity index is 1.46. The number of alkyl carbamates (subject to hydrolysis) is 1. The van der Waals surface area contributed by atoms with Crippen LogP contribution in [0.15, 0.2) is 48.5 Å². The highest BCUT2D eigenvalue weighted by Gasteiger charge is 2.45. The molecule has 1 saturated carbocycles.